The average Bonchev–Trinajstić information content (AvgIpc) is 2.83. The Labute approximate surface area is 74.7 Å². The highest BCUT2D eigenvalue weighted by atomic mass is 14.4. The van der Waals surface area contributed by atoms with E-state index >= 15 is 0 Å². The van der Waals surface area contributed by atoms with E-state index in [-0.39, 0.29) is 0 Å². The highest BCUT2D eigenvalue weighted by molar-refractivity contribution is 5.56. The van der Waals surface area contributed by atoms with Gasteiger partial charge in [0.1, 0.15) is 0 Å². The molecule has 0 radical (unpaired) electrons. The van der Waals surface area contributed by atoms with Gasteiger partial charge in [0.15, 0.2) is 0 Å². The molecule has 0 spiro atoms. The first-order chi connectivity index (χ1) is 5.86. The monoisotopic (exact) mass is 160 g/mol. The van der Waals surface area contributed by atoms with Gasteiger partial charge in [-0.15, -0.1) is 6.58 Å². The van der Waals surface area contributed by atoms with Gasteiger partial charge in [0.05, 0.1) is 0 Å². The fourth-order valence-electron chi connectivity index (χ4n) is 2.28. The van der Waals surface area contributed by atoms with Gasteiger partial charge in [-0.3, -0.25) is 0 Å². The van der Waals surface area contributed by atoms with Crippen molar-refractivity contribution in [3.8, 4) is 0 Å². The standard InChI is InChI=1S/C12H16/c1-3-5-9-6-7-10-8-12(10)11(9)4-2/h3,7,9H,1,4-6,8H2,2H3. The molecule has 0 N–H and O–H groups in total. The Kier molecular flexibility index (Phi) is 1.92. The maximum Gasteiger partial charge on any atom is -0.00237 e. The summed E-state index contributed by atoms with van der Waals surface area (Å²) in [7, 11) is 0. The van der Waals surface area contributed by atoms with Gasteiger partial charge in [0.2, 0.25) is 0 Å². The molecule has 0 aromatic heterocycles. The minimum atomic E-state index is 0.786. The molecule has 0 aromatic carbocycles. The molecule has 2 aliphatic carbocycles. The Balaban J connectivity index is 2.19. The molecule has 0 aromatic rings. The molecule has 0 aliphatic heterocycles. The Morgan fingerprint density at radius 2 is 2.50 bits per heavy atom. The second-order valence-corrected chi connectivity index (χ2v) is 3.72. The Hall–Kier alpha value is -0.780. The highest BCUT2D eigenvalue weighted by Crippen LogP contribution is 2.48. The number of hydrogen-bond acceptors (Lipinski definition) is 0. The molecule has 1 saturated carbocycles. The molecule has 1 fully saturated rings. The van der Waals surface area contributed by atoms with Gasteiger partial charge < -0.3 is 0 Å². The van der Waals surface area contributed by atoms with Crippen LogP contribution in [0.3, 0.4) is 0 Å². The van der Waals surface area contributed by atoms with Crippen LogP contribution in [0.15, 0.2) is 35.5 Å². The van der Waals surface area contributed by atoms with E-state index in [4.69, 9.17) is 0 Å². The average molecular weight is 160 g/mol. The van der Waals surface area contributed by atoms with Gasteiger partial charge in [-0.25, -0.2) is 0 Å². The smallest absolute Gasteiger partial charge is 0.00237 e. The van der Waals surface area contributed by atoms with Crippen molar-refractivity contribution in [2.24, 2.45) is 5.92 Å². The zero-order valence-electron chi connectivity index (χ0n) is 7.77. The van der Waals surface area contributed by atoms with Crippen molar-refractivity contribution in [3.05, 3.63) is 35.5 Å². The summed E-state index contributed by atoms with van der Waals surface area (Å²) < 4.78 is 0. The number of hydrogen-bond donors (Lipinski definition) is 0. The maximum absolute atomic E-state index is 3.82. The third-order valence-corrected chi connectivity index (χ3v) is 2.99. The summed E-state index contributed by atoms with van der Waals surface area (Å²) in [5, 5.41) is 0. The maximum atomic E-state index is 3.82. The lowest BCUT2D eigenvalue weighted by Crippen LogP contribution is -2.04. The van der Waals surface area contributed by atoms with Crippen molar-refractivity contribution in [1.82, 2.24) is 0 Å². The number of allylic oxidation sites excluding steroid dienone is 5. The summed E-state index contributed by atoms with van der Waals surface area (Å²) in [6, 6.07) is 0. The summed E-state index contributed by atoms with van der Waals surface area (Å²) in [6.07, 6.45) is 9.43. The molecule has 0 bridgehead atoms. The fraction of sp³-hybridized carbons (Fsp3) is 0.500. The Morgan fingerprint density at radius 1 is 1.67 bits per heavy atom. The zero-order chi connectivity index (χ0) is 8.55. The predicted molar refractivity (Wildman–Crippen MR) is 52.9 cm³/mol. The van der Waals surface area contributed by atoms with Crippen LogP contribution in [0.25, 0.3) is 0 Å². The van der Waals surface area contributed by atoms with Crippen molar-refractivity contribution < 1.29 is 0 Å². The van der Waals surface area contributed by atoms with Crippen LogP contribution in [0.4, 0.5) is 0 Å². The number of fused-ring (bicyclic) bond motifs is 1. The molecule has 0 saturated heterocycles. The zero-order valence-corrected chi connectivity index (χ0v) is 7.77. The van der Waals surface area contributed by atoms with E-state index in [0.717, 1.165) is 12.3 Å². The molecule has 64 valence electrons. The van der Waals surface area contributed by atoms with Crippen LogP contribution in [0.5, 0.6) is 0 Å². The first-order valence-electron chi connectivity index (χ1n) is 4.89. The molecular formula is C12H16. The van der Waals surface area contributed by atoms with Crippen molar-refractivity contribution in [3.63, 3.8) is 0 Å². The predicted octanol–water partition coefficient (Wildman–Crippen LogP) is 3.62. The molecule has 2 aliphatic rings. The van der Waals surface area contributed by atoms with E-state index in [1.165, 1.54) is 19.3 Å². The lowest BCUT2D eigenvalue weighted by Gasteiger charge is -2.18. The van der Waals surface area contributed by atoms with Crippen LogP contribution in [-0.2, 0) is 0 Å². The second-order valence-electron chi connectivity index (χ2n) is 3.72. The minimum absolute atomic E-state index is 0.786. The van der Waals surface area contributed by atoms with Crippen molar-refractivity contribution in [1.29, 1.82) is 0 Å². The van der Waals surface area contributed by atoms with Crippen molar-refractivity contribution >= 4 is 0 Å². The van der Waals surface area contributed by atoms with Gasteiger partial charge in [0.25, 0.3) is 0 Å². The minimum Gasteiger partial charge on any atom is -0.103 e. The van der Waals surface area contributed by atoms with Crippen LogP contribution in [-0.4, -0.2) is 0 Å². The molecular weight excluding hydrogens is 144 g/mol. The highest BCUT2D eigenvalue weighted by Gasteiger charge is 2.31. The van der Waals surface area contributed by atoms with Crippen LogP contribution < -0.4 is 0 Å². The van der Waals surface area contributed by atoms with Gasteiger partial charge in [0, 0.05) is 0 Å². The van der Waals surface area contributed by atoms with E-state index in [1.54, 1.807) is 16.7 Å². The van der Waals surface area contributed by atoms with E-state index < -0.39 is 0 Å². The van der Waals surface area contributed by atoms with Gasteiger partial charge >= 0.3 is 0 Å². The second kappa shape index (κ2) is 2.93. The van der Waals surface area contributed by atoms with Crippen molar-refractivity contribution in [2.75, 3.05) is 0 Å². The summed E-state index contributed by atoms with van der Waals surface area (Å²) in [6.45, 7) is 6.10. The molecule has 2 rings (SSSR count). The fourth-order valence-corrected chi connectivity index (χ4v) is 2.28. The molecule has 0 nitrogen and oxygen atoms in total. The molecule has 1 unspecified atom stereocenters. The van der Waals surface area contributed by atoms with Crippen LogP contribution in [0.2, 0.25) is 0 Å². The van der Waals surface area contributed by atoms with Crippen molar-refractivity contribution in [2.45, 2.75) is 32.6 Å². The van der Waals surface area contributed by atoms with E-state index in [2.05, 4.69) is 25.7 Å². The molecule has 0 heteroatoms. The van der Waals surface area contributed by atoms with E-state index in [1.807, 2.05) is 0 Å². The normalized spacial score (nSPS) is 26.4. The Morgan fingerprint density at radius 3 is 3.17 bits per heavy atom. The van der Waals surface area contributed by atoms with Gasteiger partial charge in [-0.05, 0) is 42.7 Å². The van der Waals surface area contributed by atoms with E-state index in [0.29, 0.717) is 0 Å². The third kappa shape index (κ3) is 1.16. The van der Waals surface area contributed by atoms with Crippen LogP contribution in [0, 0.1) is 5.92 Å². The van der Waals surface area contributed by atoms with E-state index in [9.17, 15) is 0 Å². The molecule has 0 amide bonds. The van der Waals surface area contributed by atoms with Gasteiger partial charge in [-0.1, -0.05) is 24.6 Å². The summed E-state index contributed by atoms with van der Waals surface area (Å²) in [5.74, 6) is 0.786. The SMILES string of the molecule is C=CCC1CC=C2CC2=C1CC. The first-order valence-corrected chi connectivity index (χ1v) is 4.89. The summed E-state index contributed by atoms with van der Waals surface area (Å²) >= 11 is 0. The largest absolute Gasteiger partial charge is 0.103 e. The summed E-state index contributed by atoms with van der Waals surface area (Å²) in [5.41, 5.74) is 5.02. The molecule has 1 atom stereocenters. The summed E-state index contributed by atoms with van der Waals surface area (Å²) in [4.78, 5) is 0. The topological polar surface area (TPSA) is 0 Å². The Bertz CT molecular complexity index is 266. The lowest BCUT2D eigenvalue weighted by atomic mass is 9.87. The number of rotatable bonds is 3. The molecule has 12 heavy (non-hydrogen) atoms. The first kappa shape index (κ1) is 7.85. The quantitative estimate of drug-likeness (QED) is 0.553. The van der Waals surface area contributed by atoms with Gasteiger partial charge in [-0.2, -0.15) is 0 Å². The molecule has 0 heterocycles. The lowest BCUT2D eigenvalue weighted by molar-refractivity contribution is 0.606. The van der Waals surface area contributed by atoms with Crippen LogP contribution >= 0.6 is 0 Å². The third-order valence-electron chi connectivity index (χ3n) is 2.99. The van der Waals surface area contributed by atoms with Crippen LogP contribution in [0.1, 0.15) is 32.6 Å².